The molecule has 66 valence electrons. The van der Waals surface area contributed by atoms with Gasteiger partial charge in [0.25, 0.3) is 0 Å². The van der Waals surface area contributed by atoms with Gasteiger partial charge in [-0.05, 0) is 32.2 Å². The van der Waals surface area contributed by atoms with Crippen molar-refractivity contribution in [3.8, 4) is 0 Å². The van der Waals surface area contributed by atoms with Crippen LogP contribution in [0.1, 0.15) is 36.6 Å². The van der Waals surface area contributed by atoms with Crippen LogP contribution in [-0.4, -0.2) is 11.7 Å². The Bertz CT molecular complexity index is 253. The van der Waals surface area contributed by atoms with E-state index in [4.69, 9.17) is 10.3 Å². The smallest absolute Gasteiger partial charge is 0.140 e. The molecule has 1 heterocycles. The van der Waals surface area contributed by atoms with Gasteiger partial charge >= 0.3 is 0 Å². The Kier molecular flexibility index (Phi) is 2.13. The van der Waals surface area contributed by atoms with Crippen molar-refractivity contribution in [1.29, 1.82) is 0 Å². The monoisotopic (exact) mass is 166 g/mol. The molecule has 0 bridgehead atoms. The van der Waals surface area contributed by atoms with Gasteiger partial charge in [-0.15, -0.1) is 0 Å². The summed E-state index contributed by atoms with van der Waals surface area (Å²) in [5.41, 5.74) is 6.45. The number of nitrogens with two attached hydrogens (primary N) is 1. The quantitative estimate of drug-likeness (QED) is 0.736. The SMILES string of the molecule is NCCCc1cc(C2CC2)on1. The van der Waals surface area contributed by atoms with Gasteiger partial charge in [0.15, 0.2) is 0 Å². The van der Waals surface area contributed by atoms with Crippen molar-refractivity contribution >= 4 is 0 Å². The number of hydrogen-bond donors (Lipinski definition) is 1. The van der Waals surface area contributed by atoms with Crippen LogP contribution in [0.4, 0.5) is 0 Å². The topological polar surface area (TPSA) is 52.0 Å². The molecule has 2 rings (SSSR count). The third-order valence-electron chi connectivity index (χ3n) is 2.19. The van der Waals surface area contributed by atoms with E-state index in [2.05, 4.69) is 11.2 Å². The molecule has 1 aromatic heterocycles. The molecule has 2 N–H and O–H groups in total. The van der Waals surface area contributed by atoms with Gasteiger partial charge in [0.05, 0.1) is 5.69 Å². The maximum Gasteiger partial charge on any atom is 0.140 e. The van der Waals surface area contributed by atoms with E-state index < -0.39 is 0 Å². The molecule has 1 saturated carbocycles. The summed E-state index contributed by atoms with van der Waals surface area (Å²) in [7, 11) is 0. The van der Waals surface area contributed by atoms with Crippen molar-refractivity contribution in [2.75, 3.05) is 6.54 Å². The molecule has 12 heavy (non-hydrogen) atoms. The van der Waals surface area contributed by atoms with Crippen LogP contribution < -0.4 is 5.73 Å². The molecule has 0 radical (unpaired) electrons. The lowest BCUT2D eigenvalue weighted by Crippen LogP contribution is -2.00. The molecular weight excluding hydrogens is 152 g/mol. The minimum Gasteiger partial charge on any atom is -0.361 e. The van der Waals surface area contributed by atoms with Gasteiger partial charge in [-0.3, -0.25) is 0 Å². The molecule has 1 aliphatic carbocycles. The van der Waals surface area contributed by atoms with Crippen LogP contribution in [0, 0.1) is 0 Å². The van der Waals surface area contributed by atoms with Gasteiger partial charge < -0.3 is 10.3 Å². The highest BCUT2D eigenvalue weighted by atomic mass is 16.5. The summed E-state index contributed by atoms with van der Waals surface area (Å²) in [5.74, 6) is 1.74. The first kappa shape index (κ1) is 7.80. The van der Waals surface area contributed by atoms with E-state index in [9.17, 15) is 0 Å². The standard InChI is InChI=1S/C9H14N2O/c10-5-1-2-8-6-9(12-11-8)7-3-4-7/h6-7H,1-5,10H2. The molecule has 0 amide bonds. The van der Waals surface area contributed by atoms with Crippen LogP contribution in [0.2, 0.25) is 0 Å². The number of aromatic nitrogens is 1. The third-order valence-corrected chi connectivity index (χ3v) is 2.19. The van der Waals surface area contributed by atoms with Crippen molar-refractivity contribution in [3.63, 3.8) is 0 Å². The zero-order valence-electron chi connectivity index (χ0n) is 7.12. The number of rotatable bonds is 4. The summed E-state index contributed by atoms with van der Waals surface area (Å²) in [6, 6.07) is 2.08. The molecule has 1 aromatic rings. The fraction of sp³-hybridized carbons (Fsp3) is 0.667. The van der Waals surface area contributed by atoms with E-state index in [1.165, 1.54) is 12.8 Å². The Hall–Kier alpha value is -0.830. The van der Waals surface area contributed by atoms with E-state index in [0.717, 1.165) is 30.8 Å². The van der Waals surface area contributed by atoms with Crippen LogP contribution in [0.5, 0.6) is 0 Å². The molecule has 0 atom stereocenters. The van der Waals surface area contributed by atoms with Crippen LogP contribution in [0.3, 0.4) is 0 Å². The molecule has 0 aliphatic heterocycles. The highest BCUT2D eigenvalue weighted by Gasteiger charge is 2.27. The lowest BCUT2D eigenvalue weighted by atomic mass is 10.2. The van der Waals surface area contributed by atoms with Gasteiger partial charge in [-0.25, -0.2) is 0 Å². The molecule has 0 unspecified atom stereocenters. The first-order valence-electron chi connectivity index (χ1n) is 4.55. The van der Waals surface area contributed by atoms with E-state index in [1.54, 1.807) is 0 Å². The Labute approximate surface area is 71.9 Å². The zero-order valence-corrected chi connectivity index (χ0v) is 7.12. The Balaban J connectivity index is 1.93. The van der Waals surface area contributed by atoms with E-state index in [-0.39, 0.29) is 0 Å². The summed E-state index contributed by atoms with van der Waals surface area (Å²) < 4.78 is 5.19. The predicted octanol–water partition coefficient (Wildman–Crippen LogP) is 1.44. The van der Waals surface area contributed by atoms with Crippen LogP contribution in [0.25, 0.3) is 0 Å². The Morgan fingerprint density at radius 3 is 3.08 bits per heavy atom. The van der Waals surface area contributed by atoms with Crippen molar-refractivity contribution < 1.29 is 4.52 Å². The number of nitrogens with zero attached hydrogens (tertiary/aromatic N) is 1. The average Bonchev–Trinajstić information content (AvgIpc) is 2.83. The normalized spacial score (nSPS) is 16.8. The second-order valence-electron chi connectivity index (χ2n) is 3.39. The number of aryl methyl sites for hydroxylation is 1. The number of hydrogen-bond acceptors (Lipinski definition) is 3. The maximum atomic E-state index is 5.40. The summed E-state index contributed by atoms with van der Waals surface area (Å²) in [6.45, 7) is 0.728. The molecule has 1 aliphatic rings. The van der Waals surface area contributed by atoms with E-state index in [0.29, 0.717) is 5.92 Å². The molecule has 3 nitrogen and oxygen atoms in total. The first-order valence-corrected chi connectivity index (χ1v) is 4.55. The lowest BCUT2D eigenvalue weighted by Gasteiger charge is -1.88. The molecule has 3 heteroatoms. The molecule has 0 saturated heterocycles. The van der Waals surface area contributed by atoms with Crippen molar-refractivity contribution in [2.45, 2.75) is 31.6 Å². The van der Waals surface area contributed by atoms with Crippen LogP contribution in [-0.2, 0) is 6.42 Å². The van der Waals surface area contributed by atoms with Gasteiger partial charge in [0.2, 0.25) is 0 Å². The molecule has 1 fully saturated rings. The molecular formula is C9H14N2O. The van der Waals surface area contributed by atoms with E-state index in [1.807, 2.05) is 0 Å². The largest absolute Gasteiger partial charge is 0.361 e. The molecule has 0 spiro atoms. The Morgan fingerprint density at radius 2 is 2.42 bits per heavy atom. The summed E-state index contributed by atoms with van der Waals surface area (Å²) >= 11 is 0. The summed E-state index contributed by atoms with van der Waals surface area (Å²) in [4.78, 5) is 0. The van der Waals surface area contributed by atoms with Gasteiger partial charge in [0.1, 0.15) is 5.76 Å². The second kappa shape index (κ2) is 3.27. The zero-order chi connectivity index (χ0) is 8.39. The molecule has 0 aromatic carbocycles. The highest BCUT2D eigenvalue weighted by Crippen LogP contribution is 2.40. The van der Waals surface area contributed by atoms with Crippen molar-refractivity contribution in [3.05, 3.63) is 17.5 Å². The Morgan fingerprint density at radius 1 is 1.58 bits per heavy atom. The maximum absolute atomic E-state index is 5.40. The lowest BCUT2D eigenvalue weighted by molar-refractivity contribution is 0.378. The van der Waals surface area contributed by atoms with Crippen LogP contribution in [0.15, 0.2) is 10.6 Å². The van der Waals surface area contributed by atoms with Crippen molar-refractivity contribution in [1.82, 2.24) is 5.16 Å². The van der Waals surface area contributed by atoms with Gasteiger partial charge in [-0.2, -0.15) is 0 Å². The van der Waals surface area contributed by atoms with E-state index >= 15 is 0 Å². The summed E-state index contributed by atoms with van der Waals surface area (Å²) in [6.07, 6.45) is 4.49. The third kappa shape index (κ3) is 1.67. The predicted molar refractivity (Wildman–Crippen MR) is 45.9 cm³/mol. The van der Waals surface area contributed by atoms with Crippen molar-refractivity contribution in [2.24, 2.45) is 5.73 Å². The summed E-state index contributed by atoms with van der Waals surface area (Å²) in [5, 5.41) is 3.98. The van der Waals surface area contributed by atoms with Gasteiger partial charge in [0, 0.05) is 12.0 Å². The minimum atomic E-state index is 0.670. The second-order valence-corrected chi connectivity index (χ2v) is 3.39. The fourth-order valence-corrected chi connectivity index (χ4v) is 1.29. The first-order chi connectivity index (χ1) is 5.90. The van der Waals surface area contributed by atoms with Crippen LogP contribution >= 0.6 is 0 Å². The minimum absolute atomic E-state index is 0.670. The highest BCUT2D eigenvalue weighted by molar-refractivity contribution is 5.14. The fourth-order valence-electron chi connectivity index (χ4n) is 1.29. The van der Waals surface area contributed by atoms with Gasteiger partial charge in [-0.1, -0.05) is 5.16 Å². The average molecular weight is 166 g/mol.